The van der Waals surface area contributed by atoms with Crippen molar-refractivity contribution in [2.24, 2.45) is 0 Å². The number of nitrogens with one attached hydrogen (secondary N) is 1. The summed E-state index contributed by atoms with van der Waals surface area (Å²) in [4.78, 5) is 57.4. The van der Waals surface area contributed by atoms with Gasteiger partial charge in [-0.3, -0.25) is 9.47 Å². The highest BCUT2D eigenvalue weighted by Crippen LogP contribution is 2.44. The van der Waals surface area contributed by atoms with E-state index in [0.29, 0.717) is 35.7 Å². The molecule has 0 bridgehead atoms. The van der Waals surface area contributed by atoms with Gasteiger partial charge < -0.3 is 44.4 Å². The Morgan fingerprint density at radius 2 is 1.58 bits per heavy atom. The number of anilines is 1. The van der Waals surface area contributed by atoms with Gasteiger partial charge in [0, 0.05) is 37.7 Å². The number of carbonyl (C=O) groups is 3. The van der Waals surface area contributed by atoms with E-state index in [0.717, 1.165) is 11.1 Å². The van der Waals surface area contributed by atoms with Crippen LogP contribution in [0.25, 0.3) is 11.2 Å². The fraction of sp³-hybridized carbons (Fsp3) is 0.545. The van der Waals surface area contributed by atoms with Gasteiger partial charge in [-0.15, -0.1) is 0 Å². The van der Waals surface area contributed by atoms with Crippen molar-refractivity contribution in [1.82, 2.24) is 34.6 Å². The van der Waals surface area contributed by atoms with Crippen molar-refractivity contribution in [3.8, 4) is 0 Å². The van der Waals surface area contributed by atoms with Crippen molar-refractivity contribution in [3.63, 3.8) is 0 Å². The van der Waals surface area contributed by atoms with E-state index in [9.17, 15) is 14.4 Å². The molecular weight excluding hydrogens is 820 g/mol. The Morgan fingerprint density at radius 1 is 0.887 bits per heavy atom. The lowest BCUT2D eigenvalue weighted by molar-refractivity contribution is -0.198. The molecule has 4 heterocycles. The molecular formula is C44H59ClN8O9. The number of aromatic nitrogens is 4. The second-order valence-corrected chi connectivity index (χ2v) is 18.4. The van der Waals surface area contributed by atoms with Gasteiger partial charge in [0.2, 0.25) is 0 Å². The fourth-order valence-electron chi connectivity index (χ4n) is 7.27. The van der Waals surface area contributed by atoms with Crippen LogP contribution in [0.5, 0.6) is 0 Å². The van der Waals surface area contributed by atoms with Gasteiger partial charge in [-0.25, -0.2) is 29.3 Å². The highest BCUT2D eigenvalue weighted by Gasteiger charge is 2.56. The summed E-state index contributed by atoms with van der Waals surface area (Å²) in [5.74, 6) is -1.33. The largest absolute Gasteiger partial charge is 0.459 e. The van der Waals surface area contributed by atoms with Crippen LogP contribution in [0.1, 0.15) is 79.2 Å². The smallest absolute Gasteiger partial charge is 0.410 e. The first-order valence-corrected chi connectivity index (χ1v) is 21.2. The SMILES string of the molecule is CC(C)(C)OC(=O)N[C@H](CCN(CCN(CCc1ccc(Cl)cc1)C(=O)OC(C)(C)C)C[C@H]1O[C@@H](n2cnc3c(N)ncnc32)[C@@H]2OC(C)(C)O[C@@H]21)C(=O)OCc1ccccc1. The third-order valence-electron chi connectivity index (χ3n) is 10.1. The van der Waals surface area contributed by atoms with Crippen molar-refractivity contribution >= 4 is 46.7 Å². The van der Waals surface area contributed by atoms with Gasteiger partial charge in [-0.05, 0) is 91.5 Å². The first kappa shape index (κ1) is 46.4. The van der Waals surface area contributed by atoms with Crippen molar-refractivity contribution in [2.75, 3.05) is 38.5 Å². The minimum absolute atomic E-state index is 0.0152. The number of imidazole rings is 1. The molecule has 0 radical (unpaired) electrons. The molecule has 3 N–H and O–H groups in total. The molecule has 2 aliphatic rings. The maximum absolute atomic E-state index is 13.8. The van der Waals surface area contributed by atoms with Gasteiger partial charge in [-0.2, -0.15) is 0 Å². The summed E-state index contributed by atoms with van der Waals surface area (Å²) in [7, 11) is 0. The van der Waals surface area contributed by atoms with Gasteiger partial charge in [-0.1, -0.05) is 54.1 Å². The van der Waals surface area contributed by atoms with E-state index in [1.165, 1.54) is 6.33 Å². The molecule has 336 valence electrons. The van der Waals surface area contributed by atoms with Gasteiger partial charge in [0.05, 0.1) is 6.33 Å². The summed E-state index contributed by atoms with van der Waals surface area (Å²) in [6.45, 7) is 15.9. The second kappa shape index (κ2) is 19.5. The number of nitrogen functional groups attached to an aromatic ring is 1. The Morgan fingerprint density at radius 3 is 2.27 bits per heavy atom. The number of alkyl carbamates (subject to hydrolysis) is 1. The summed E-state index contributed by atoms with van der Waals surface area (Å²) in [5.41, 5.74) is 7.29. The molecule has 0 saturated carbocycles. The standard InChI is InChI=1S/C44H59ClN8O9/c1-42(2,3)61-40(55)50-31(39(54)57-25-29-12-10-9-11-13-29)19-20-51(22-23-52(41(56)62-43(4,5)6)21-18-28-14-16-30(45)17-15-28)24-32-34-35(60-44(7,8)59-34)38(58-32)53-27-49-33-36(46)47-26-48-37(33)53/h9-17,26-27,31-32,34-35,38H,18-25H2,1-8H3,(H,50,55)(H2,46,47,48)/t31-,32-,34-,35-,38-/m1/s1. The van der Waals surface area contributed by atoms with Crippen molar-refractivity contribution in [1.29, 1.82) is 0 Å². The third kappa shape index (κ3) is 12.8. The summed E-state index contributed by atoms with van der Waals surface area (Å²) in [6.07, 6.45) is 0.0485. The monoisotopic (exact) mass is 878 g/mol. The van der Waals surface area contributed by atoms with Gasteiger partial charge in [0.15, 0.2) is 23.5 Å². The average Bonchev–Trinajstić information content (AvgIpc) is 3.86. The number of hydrogen-bond acceptors (Lipinski definition) is 14. The third-order valence-corrected chi connectivity index (χ3v) is 10.3. The summed E-state index contributed by atoms with van der Waals surface area (Å²) in [5, 5.41) is 3.36. The van der Waals surface area contributed by atoms with Crippen molar-refractivity contribution < 1.29 is 42.8 Å². The fourth-order valence-corrected chi connectivity index (χ4v) is 7.40. The Labute approximate surface area is 367 Å². The number of benzene rings is 2. The molecule has 0 aliphatic carbocycles. The van der Waals surface area contributed by atoms with Crippen molar-refractivity contribution in [3.05, 3.63) is 83.4 Å². The predicted octanol–water partition coefficient (Wildman–Crippen LogP) is 6.29. The van der Waals surface area contributed by atoms with E-state index in [-0.39, 0.29) is 38.5 Å². The van der Waals surface area contributed by atoms with E-state index in [2.05, 4.69) is 25.2 Å². The second-order valence-electron chi connectivity index (χ2n) is 17.9. The van der Waals surface area contributed by atoms with Gasteiger partial charge in [0.25, 0.3) is 0 Å². The molecule has 2 aliphatic heterocycles. The van der Waals surface area contributed by atoms with E-state index < -0.39 is 65.7 Å². The van der Waals surface area contributed by atoms with Crippen LogP contribution < -0.4 is 11.1 Å². The maximum atomic E-state index is 13.8. The average molecular weight is 879 g/mol. The van der Waals surface area contributed by atoms with Crippen LogP contribution >= 0.6 is 11.6 Å². The molecule has 6 rings (SSSR count). The van der Waals surface area contributed by atoms with E-state index in [1.54, 1.807) is 36.6 Å². The normalized spacial score (nSPS) is 20.2. The van der Waals surface area contributed by atoms with E-state index in [1.807, 2.05) is 89.2 Å². The zero-order valence-electron chi connectivity index (χ0n) is 36.7. The number of amides is 2. The molecule has 2 saturated heterocycles. The van der Waals surface area contributed by atoms with Crippen LogP contribution in [-0.4, -0.2) is 122 Å². The number of fused-ring (bicyclic) bond motifs is 2. The van der Waals surface area contributed by atoms with Crippen LogP contribution in [-0.2, 0) is 46.2 Å². The molecule has 18 heteroatoms. The molecule has 62 heavy (non-hydrogen) atoms. The van der Waals surface area contributed by atoms with Crippen LogP contribution in [0, 0.1) is 0 Å². The molecule has 2 aromatic carbocycles. The van der Waals surface area contributed by atoms with Crippen LogP contribution in [0.4, 0.5) is 15.4 Å². The highest BCUT2D eigenvalue weighted by molar-refractivity contribution is 6.30. The lowest BCUT2D eigenvalue weighted by atomic mass is 10.1. The molecule has 0 unspecified atom stereocenters. The molecule has 5 atom stereocenters. The Bertz CT molecular complexity index is 2140. The Balaban J connectivity index is 1.27. The van der Waals surface area contributed by atoms with Gasteiger partial charge >= 0.3 is 18.2 Å². The maximum Gasteiger partial charge on any atom is 0.410 e. The molecule has 2 fully saturated rings. The topological polar surface area (TPSA) is 195 Å². The molecule has 0 spiro atoms. The van der Waals surface area contributed by atoms with Crippen LogP contribution in [0.15, 0.2) is 67.3 Å². The lowest BCUT2D eigenvalue weighted by Gasteiger charge is -2.32. The number of carbonyl (C=O) groups excluding carboxylic acids is 3. The Hall–Kier alpha value is -5.07. The molecule has 17 nitrogen and oxygen atoms in total. The Kier molecular flexibility index (Phi) is 14.6. The first-order valence-electron chi connectivity index (χ1n) is 20.8. The molecule has 2 aromatic heterocycles. The lowest BCUT2D eigenvalue weighted by Crippen LogP contribution is -2.49. The number of nitrogens with two attached hydrogens (primary N) is 1. The number of esters is 1. The van der Waals surface area contributed by atoms with E-state index >= 15 is 0 Å². The minimum atomic E-state index is -1.08. The van der Waals surface area contributed by atoms with Crippen molar-refractivity contribution in [2.45, 2.75) is 122 Å². The minimum Gasteiger partial charge on any atom is -0.459 e. The quantitative estimate of drug-likeness (QED) is 0.0942. The number of rotatable bonds is 16. The number of nitrogens with zero attached hydrogens (tertiary/aromatic N) is 6. The van der Waals surface area contributed by atoms with Gasteiger partial charge in [0.1, 0.15) is 54.0 Å². The predicted molar refractivity (Wildman–Crippen MR) is 231 cm³/mol. The number of halogens is 1. The molecule has 4 aromatic rings. The first-order chi connectivity index (χ1) is 29.2. The van der Waals surface area contributed by atoms with E-state index in [4.69, 9.17) is 45.8 Å². The number of hydrogen-bond donors (Lipinski definition) is 2. The van der Waals surface area contributed by atoms with Crippen LogP contribution in [0.2, 0.25) is 5.02 Å². The van der Waals surface area contributed by atoms with Crippen LogP contribution in [0.3, 0.4) is 0 Å². The summed E-state index contributed by atoms with van der Waals surface area (Å²) in [6, 6.07) is 15.7. The zero-order valence-corrected chi connectivity index (χ0v) is 37.5. The molecule has 2 amide bonds. The zero-order chi connectivity index (χ0) is 44.8. The highest BCUT2D eigenvalue weighted by atomic mass is 35.5. The number of ether oxygens (including phenoxy) is 6. The summed E-state index contributed by atoms with van der Waals surface area (Å²) >= 11 is 6.15. The summed E-state index contributed by atoms with van der Waals surface area (Å²) < 4.78 is 38.6.